The second-order valence-corrected chi connectivity index (χ2v) is 4.66. The van der Waals surface area contributed by atoms with E-state index in [1.54, 1.807) is 0 Å². The van der Waals surface area contributed by atoms with Crippen LogP contribution in [-0.2, 0) is 4.79 Å². The second kappa shape index (κ2) is 6.83. The Morgan fingerprint density at radius 2 is 1.93 bits per heavy atom. The molecule has 0 spiro atoms. The van der Waals surface area contributed by atoms with E-state index in [0.717, 1.165) is 32.5 Å². The number of nitrogens with two attached hydrogens (primary N) is 1. The molecule has 1 amide bonds. The van der Waals surface area contributed by atoms with E-state index < -0.39 is 0 Å². The molecule has 0 saturated carbocycles. The highest BCUT2D eigenvalue weighted by Gasteiger charge is 2.16. The van der Waals surface area contributed by atoms with Crippen molar-refractivity contribution in [3.05, 3.63) is 0 Å². The van der Waals surface area contributed by atoms with Gasteiger partial charge >= 0.3 is 0 Å². The number of piperidine rings is 1. The third kappa shape index (κ3) is 4.65. The van der Waals surface area contributed by atoms with Crippen LogP contribution in [0.25, 0.3) is 0 Å². The van der Waals surface area contributed by atoms with Gasteiger partial charge in [0.2, 0.25) is 5.91 Å². The van der Waals surface area contributed by atoms with Gasteiger partial charge in [-0.25, -0.2) is 0 Å². The van der Waals surface area contributed by atoms with Crippen LogP contribution in [0.15, 0.2) is 0 Å². The fourth-order valence-electron chi connectivity index (χ4n) is 2.10. The molecular formula is C12H24N2O. The van der Waals surface area contributed by atoms with Crippen molar-refractivity contribution in [1.29, 1.82) is 0 Å². The normalized spacial score (nSPS) is 18.9. The number of hydrogen-bond donors (Lipinski definition) is 1. The fraction of sp³-hybridized carbons (Fsp3) is 0.917. The number of carbonyl (C=O) groups is 1. The lowest BCUT2D eigenvalue weighted by molar-refractivity contribution is -0.132. The Kier molecular flexibility index (Phi) is 5.69. The Hall–Kier alpha value is -0.570. The lowest BCUT2D eigenvalue weighted by atomic mass is 10.0. The lowest BCUT2D eigenvalue weighted by Crippen LogP contribution is -2.35. The topological polar surface area (TPSA) is 46.3 Å². The lowest BCUT2D eigenvalue weighted by Gasteiger charge is -2.27. The first-order chi connectivity index (χ1) is 7.24. The summed E-state index contributed by atoms with van der Waals surface area (Å²) in [6.07, 6.45) is 6.39. The molecular weight excluding hydrogens is 188 g/mol. The predicted molar refractivity (Wildman–Crippen MR) is 62.5 cm³/mol. The minimum Gasteiger partial charge on any atom is -0.343 e. The Balaban J connectivity index is 2.16. The van der Waals surface area contributed by atoms with Gasteiger partial charge in [0.05, 0.1) is 0 Å². The molecule has 0 radical (unpaired) electrons. The molecule has 1 atom stereocenters. The summed E-state index contributed by atoms with van der Waals surface area (Å²) in [6, 6.07) is 0. The van der Waals surface area contributed by atoms with Crippen LogP contribution in [0.3, 0.4) is 0 Å². The average molecular weight is 212 g/mol. The van der Waals surface area contributed by atoms with E-state index >= 15 is 0 Å². The molecule has 88 valence electrons. The maximum atomic E-state index is 11.8. The van der Waals surface area contributed by atoms with Crippen LogP contribution in [-0.4, -0.2) is 30.4 Å². The van der Waals surface area contributed by atoms with Gasteiger partial charge in [-0.1, -0.05) is 6.92 Å². The highest BCUT2D eigenvalue weighted by Crippen LogP contribution is 2.14. The Labute approximate surface area is 93.0 Å². The van der Waals surface area contributed by atoms with E-state index in [4.69, 9.17) is 5.73 Å². The largest absolute Gasteiger partial charge is 0.343 e. The van der Waals surface area contributed by atoms with Crippen molar-refractivity contribution in [1.82, 2.24) is 4.90 Å². The summed E-state index contributed by atoms with van der Waals surface area (Å²) in [4.78, 5) is 13.8. The Bertz CT molecular complexity index is 188. The maximum Gasteiger partial charge on any atom is 0.222 e. The van der Waals surface area contributed by atoms with Gasteiger partial charge in [0.1, 0.15) is 0 Å². The summed E-state index contributed by atoms with van der Waals surface area (Å²) >= 11 is 0. The molecule has 1 unspecified atom stereocenters. The van der Waals surface area contributed by atoms with E-state index in [0.29, 0.717) is 18.2 Å². The molecule has 3 heteroatoms. The molecule has 0 aromatic carbocycles. The van der Waals surface area contributed by atoms with Crippen molar-refractivity contribution < 1.29 is 4.79 Å². The molecule has 2 N–H and O–H groups in total. The van der Waals surface area contributed by atoms with Gasteiger partial charge in [-0.2, -0.15) is 0 Å². The molecule has 0 aromatic rings. The van der Waals surface area contributed by atoms with Crippen molar-refractivity contribution in [2.45, 2.75) is 45.4 Å². The van der Waals surface area contributed by atoms with Crippen LogP contribution in [0, 0.1) is 5.92 Å². The third-order valence-electron chi connectivity index (χ3n) is 3.22. The van der Waals surface area contributed by atoms with Crippen molar-refractivity contribution in [3.8, 4) is 0 Å². The molecule has 1 fully saturated rings. The average Bonchev–Trinajstić information content (AvgIpc) is 2.27. The molecule has 1 saturated heterocycles. The monoisotopic (exact) mass is 212 g/mol. The number of carbonyl (C=O) groups excluding carboxylic acids is 1. The van der Waals surface area contributed by atoms with Gasteiger partial charge in [-0.15, -0.1) is 0 Å². The molecule has 15 heavy (non-hydrogen) atoms. The third-order valence-corrected chi connectivity index (χ3v) is 3.22. The van der Waals surface area contributed by atoms with E-state index in [9.17, 15) is 4.79 Å². The zero-order valence-electron chi connectivity index (χ0n) is 9.87. The summed E-state index contributed by atoms with van der Waals surface area (Å²) in [5.74, 6) is 0.933. The second-order valence-electron chi connectivity index (χ2n) is 4.66. The van der Waals surface area contributed by atoms with Gasteiger partial charge in [-0.3, -0.25) is 4.79 Å². The first-order valence-electron chi connectivity index (χ1n) is 6.22. The van der Waals surface area contributed by atoms with Gasteiger partial charge in [-0.05, 0) is 44.6 Å². The minimum atomic E-state index is 0.346. The van der Waals surface area contributed by atoms with E-state index in [1.807, 2.05) is 4.90 Å². The van der Waals surface area contributed by atoms with Gasteiger partial charge < -0.3 is 10.6 Å². The molecule has 0 bridgehead atoms. The van der Waals surface area contributed by atoms with Crippen molar-refractivity contribution in [3.63, 3.8) is 0 Å². The summed E-state index contributed by atoms with van der Waals surface area (Å²) in [6.45, 7) is 4.86. The molecule has 3 nitrogen and oxygen atoms in total. The first-order valence-corrected chi connectivity index (χ1v) is 6.22. The standard InChI is InChI=1S/C12H24N2O/c1-11(7-8-13)5-6-12(15)14-9-3-2-4-10-14/h11H,2-10,13H2,1H3. The summed E-state index contributed by atoms with van der Waals surface area (Å²) in [5, 5.41) is 0. The molecule has 1 rings (SSSR count). The van der Waals surface area contributed by atoms with Crippen molar-refractivity contribution >= 4 is 5.91 Å². The predicted octanol–water partition coefficient (Wildman–Crippen LogP) is 1.76. The van der Waals surface area contributed by atoms with E-state index in [2.05, 4.69) is 6.92 Å². The highest BCUT2D eigenvalue weighted by molar-refractivity contribution is 5.76. The number of rotatable bonds is 5. The SMILES string of the molecule is CC(CCN)CCC(=O)N1CCCCC1. The smallest absolute Gasteiger partial charge is 0.222 e. The van der Waals surface area contributed by atoms with E-state index in [1.165, 1.54) is 19.3 Å². The van der Waals surface area contributed by atoms with E-state index in [-0.39, 0.29) is 0 Å². The molecule has 0 aromatic heterocycles. The summed E-state index contributed by atoms with van der Waals surface area (Å²) in [7, 11) is 0. The highest BCUT2D eigenvalue weighted by atomic mass is 16.2. The summed E-state index contributed by atoms with van der Waals surface area (Å²) in [5.41, 5.74) is 5.48. The van der Waals surface area contributed by atoms with Crippen molar-refractivity contribution in [2.75, 3.05) is 19.6 Å². The zero-order valence-corrected chi connectivity index (χ0v) is 9.87. The minimum absolute atomic E-state index is 0.346. The fourth-order valence-corrected chi connectivity index (χ4v) is 2.10. The van der Waals surface area contributed by atoms with Crippen LogP contribution in [0.4, 0.5) is 0 Å². The maximum absolute atomic E-state index is 11.8. The van der Waals surface area contributed by atoms with Gasteiger partial charge in [0.15, 0.2) is 0 Å². The summed E-state index contributed by atoms with van der Waals surface area (Å²) < 4.78 is 0. The number of nitrogens with zero attached hydrogens (tertiary/aromatic N) is 1. The van der Waals surface area contributed by atoms with Crippen LogP contribution in [0.1, 0.15) is 45.4 Å². The van der Waals surface area contributed by atoms with Crippen LogP contribution in [0.5, 0.6) is 0 Å². The quantitative estimate of drug-likeness (QED) is 0.755. The van der Waals surface area contributed by atoms with Crippen molar-refractivity contribution in [2.24, 2.45) is 11.7 Å². The molecule has 1 heterocycles. The Morgan fingerprint density at radius 3 is 2.53 bits per heavy atom. The molecule has 1 aliphatic heterocycles. The first kappa shape index (κ1) is 12.5. The number of hydrogen-bond acceptors (Lipinski definition) is 2. The number of likely N-dealkylation sites (tertiary alicyclic amines) is 1. The molecule has 1 aliphatic rings. The molecule has 0 aliphatic carbocycles. The zero-order chi connectivity index (χ0) is 11.1. The van der Waals surface area contributed by atoms with Gasteiger partial charge in [0.25, 0.3) is 0 Å². The van der Waals surface area contributed by atoms with Crippen LogP contribution >= 0.6 is 0 Å². The van der Waals surface area contributed by atoms with Gasteiger partial charge in [0, 0.05) is 19.5 Å². The van der Waals surface area contributed by atoms with Crippen LogP contribution in [0.2, 0.25) is 0 Å². The number of amides is 1. The van der Waals surface area contributed by atoms with Crippen LogP contribution < -0.4 is 5.73 Å². The Morgan fingerprint density at radius 1 is 1.27 bits per heavy atom.